The van der Waals surface area contributed by atoms with Crippen LogP contribution in [0.5, 0.6) is 23.0 Å². The lowest BCUT2D eigenvalue weighted by atomic mass is 9.91. The van der Waals surface area contributed by atoms with Gasteiger partial charge in [0.25, 0.3) is 11.8 Å². The predicted octanol–water partition coefficient (Wildman–Crippen LogP) is 9.19. The van der Waals surface area contributed by atoms with Gasteiger partial charge < -0.3 is 28.6 Å². The van der Waals surface area contributed by atoms with Crippen LogP contribution >= 0.6 is 0 Å². The number of rotatable bonds is 24. The van der Waals surface area contributed by atoms with E-state index < -0.39 is 53.7 Å². The number of methoxy groups -OCH3 is 2. The number of ketones is 1. The molecule has 4 aromatic rings. The number of imide groups is 2. The van der Waals surface area contributed by atoms with E-state index in [4.69, 9.17) is 23.7 Å². The first-order valence-electron chi connectivity index (χ1n) is 25.7. The molecular weight excluding hydrogens is 931 g/mol. The summed E-state index contributed by atoms with van der Waals surface area (Å²) in [6.07, 6.45) is 7.43. The number of unbranched alkanes of at least 4 members (excludes halogenated alkanes) is 4. The van der Waals surface area contributed by atoms with Crippen molar-refractivity contribution in [2.45, 2.75) is 142 Å². The van der Waals surface area contributed by atoms with Crippen LogP contribution in [0, 0.1) is 20.8 Å². The molecule has 3 aliphatic heterocycles. The number of benzene rings is 4. The van der Waals surface area contributed by atoms with E-state index >= 15 is 0 Å². The smallest absolute Gasteiger partial charge is 0.329 e. The highest BCUT2D eigenvalue weighted by molar-refractivity contribution is 6.24. The predicted molar refractivity (Wildman–Crippen MR) is 273 cm³/mol. The van der Waals surface area contributed by atoms with Crippen molar-refractivity contribution in [1.82, 2.24) is 15.1 Å². The second kappa shape index (κ2) is 25.1. The van der Waals surface area contributed by atoms with E-state index in [9.17, 15) is 33.6 Å². The second-order valence-electron chi connectivity index (χ2n) is 19.4. The number of nitrogens with zero attached hydrogens (tertiary/aromatic N) is 2. The zero-order valence-electron chi connectivity index (χ0n) is 43.1. The van der Waals surface area contributed by atoms with E-state index in [0.29, 0.717) is 75.3 Å². The summed E-state index contributed by atoms with van der Waals surface area (Å²) in [6, 6.07) is 20.5. The Hall–Kier alpha value is -7.03. The molecule has 0 saturated carbocycles. The molecule has 5 amide bonds. The topological polar surface area (TPSA) is 184 Å². The van der Waals surface area contributed by atoms with Gasteiger partial charge in [0.2, 0.25) is 17.7 Å². The third-order valence-corrected chi connectivity index (χ3v) is 14.3. The van der Waals surface area contributed by atoms with Crippen molar-refractivity contribution in [3.05, 3.63) is 117 Å². The SMILES string of the molecule is CC[C@H](C(=O)N1CCCC[C@H]1C(=O)OC(CCc1ccc(C)c(C)c1)c1cccc(OCC(=O)CCCCCCCOc2cccc3c2C(=O)N(C2CCC(=O)NC2=O)C3=O)c1)c1cc(C)c(OC)c(OC)c1. The van der Waals surface area contributed by atoms with Crippen molar-refractivity contribution in [2.24, 2.45) is 0 Å². The van der Waals surface area contributed by atoms with Crippen LogP contribution in [0.3, 0.4) is 0 Å². The van der Waals surface area contributed by atoms with Gasteiger partial charge >= 0.3 is 5.97 Å². The Labute approximate surface area is 428 Å². The van der Waals surface area contributed by atoms with Gasteiger partial charge in [0.05, 0.1) is 37.9 Å². The molecule has 0 aromatic heterocycles. The Kier molecular flexibility index (Phi) is 18.5. The third-order valence-electron chi connectivity index (χ3n) is 14.3. The molecule has 0 bridgehead atoms. The largest absolute Gasteiger partial charge is 0.493 e. The molecule has 7 rings (SSSR count). The number of nitrogens with one attached hydrogen (secondary N) is 1. The molecule has 2 unspecified atom stereocenters. The lowest BCUT2D eigenvalue weighted by molar-refractivity contribution is -0.162. The minimum Gasteiger partial charge on any atom is -0.493 e. The standard InChI is InChI=1S/C58H69N3O12/c1-7-44(41-32-38(4)53(70-6)50(34-41)69-5)55(65)60-29-13-12-21-47(60)58(68)73-48(27-25-39-24-23-36(2)37(3)31-39)40-17-15-19-43(33-40)72-35-42(62)18-11-9-8-10-14-30-71-49-22-16-20-45-52(49)57(67)61(56(45)66)46-26-28-51(63)59-54(46)64/h15-17,19-20,22-24,31-34,44,46-48H,7-14,18,21,25-30,35H2,1-6H3,(H,59,63,64)/t44-,46?,47-,48?/m0/s1. The number of Topliss-reactive ketones (excluding diaryl/α,β-unsaturated/α-hetero) is 1. The van der Waals surface area contributed by atoms with Crippen LogP contribution in [0.2, 0.25) is 0 Å². The number of amides is 5. The van der Waals surface area contributed by atoms with Crippen LogP contribution in [0.15, 0.2) is 72.8 Å². The highest BCUT2D eigenvalue weighted by Crippen LogP contribution is 2.38. The van der Waals surface area contributed by atoms with Gasteiger partial charge in [0.15, 0.2) is 17.3 Å². The van der Waals surface area contributed by atoms with E-state index in [1.807, 2.05) is 44.2 Å². The molecule has 0 spiro atoms. The normalized spacial score (nSPS) is 17.4. The molecule has 4 atom stereocenters. The first-order valence-corrected chi connectivity index (χ1v) is 25.7. The maximum Gasteiger partial charge on any atom is 0.329 e. The summed E-state index contributed by atoms with van der Waals surface area (Å²) in [5, 5.41) is 2.21. The Morgan fingerprint density at radius 3 is 2.29 bits per heavy atom. The number of carbonyl (C=O) groups is 7. The molecular formula is C58H69N3O12. The lowest BCUT2D eigenvalue weighted by Crippen LogP contribution is -2.54. The van der Waals surface area contributed by atoms with E-state index in [1.54, 1.807) is 37.3 Å². The Bertz CT molecular complexity index is 2700. The van der Waals surface area contributed by atoms with Crippen molar-refractivity contribution < 1.29 is 57.2 Å². The fraction of sp³-hybridized carbons (Fsp3) is 0.466. The molecule has 388 valence electrons. The quantitative estimate of drug-likeness (QED) is 0.0400. The molecule has 2 saturated heterocycles. The molecule has 3 heterocycles. The van der Waals surface area contributed by atoms with E-state index in [2.05, 4.69) is 37.4 Å². The number of piperidine rings is 2. The summed E-state index contributed by atoms with van der Waals surface area (Å²) in [4.78, 5) is 95.1. The monoisotopic (exact) mass is 999 g/mol. The third kappa shape index (κ3) is 13.0. The molecule has 3 aliphatic rings. The van der Waals surface area contributed by atoms with Crippen molar-refractivity contribution >= 4 is 41.3 Å². The zero-order valence-corrected chi connectivity index (χ0v) is 43.1. The molecule has 1 N–H and O–H groups in total. The second-order valence-corrected chi connectivity index (χ2v) is 19.4. The van der Waals surface area contributed by atoms with Crippen molar-refractivity contribution in [2.75, 3.05) is 34.0 Å². The van der Waals surface area contributed by atoms with Gasteiger partial charge in [0.1, 0.15) is 36.3 Å². The molecule has 0 radical (unpaired) electrons. The minimum absolute atomic E-state index is 0.0364. The lowest BCUT2D eigenvalue weighted by Gasteiger charge is -2.37. The van der Waals surface area contributed by atoms with Gasteiger partial charge in [-0.2, -0.15) is 0 Å². The summed E-state index contributed by atoms with van der Waals surface area (Å²) in [7, 11) is 3.16. The van der Waals surface area contributed by atoms with Gasteiger partial charge in [-0.15, -0.1) is 0 Å². The van der Waals surface area contributed by atoms with Crippen LogP contribution in [-0.4, -0.2) is 97.2 Å². The van der Waals surface area contributed by atoms with E-state index in [1.165, 1.54) is 17.2 Å². The summed E-state index contributed by atoms with van der Waals surface area (Å²) >= 11 is 0. The van der Waals surface area contributed by atoms with Crippen molar-refractivity contribution in [3.8, 4) is 23.0 Å². The van der Waals surface area contributed by atoms with Gasteiger partial charge in [-0.1, -0.05) is 68.7 Å². The fourth-order valence-electron chi connectivity index (χ4n) is 10.1. The number of esters is 1. The molecule has 73 heavy (non-hydrogen) atoms. The van der Waals surface area contributed by atoms with Gasteiger partial charge in [0, 0.05) is 19.4 Å². The van der Waals surface area contributed by atoms with Gasteiger partial charge in [-0.3, -0.25) is 39.0 Å². The first kappa shape index (κ1) is 53.8. The Balaban J connectivity index is 0.908. The van der Waals surface area contributed by atoms with Crippen LogP contribution in [0.25, 0.3) is 0 Å². The van der Waals surface area contributed by atoms with Crippen LogP contribution < -0.4 is 24.3 Å². The Morgan fingerprint density at radius 2 is 1.53 bits per heavy atom. The van der Waals surface area contributed by atoms with Crippen LogP contribution in [-0.2, 0) is 35.1 Å². The number of carbonyl (C=O) groups excluding carboxylic acids is 7. The maximum absolute atomic E-state index is 14.5. The molecule has 2 fully saturated rings. The average molecular weight is 1000 g/mol. The zero-order chi connectivity index (χ0) is 52.2. The van der Waals surface area contributed by atoms with Crippen LogP contribution in [0.4, 0.5) is 0 Å². The van der Waals surface area contributed by atoms with Crippen molar-refractivity contribution in [1.29, 1.82) is 0 Å². The minimum atomic E-state index is -1.05. The number of likely N-dealkylation sites (tertiary alicyclic amines) is 1. The molecule has 0 aliphatic carbocycles. The maximum atomic E-state index is 14.5. The fourth-order valence-corrected chi connectivity index (χ4v) is 10.1. The highest BCUT2D eigenvalue weighted by atomic mass is 16.5. The molecule has 4 aromatic carbocycles. The van der Waals surface area contributed by atoms with E-state index in [-0.39, 0.29) is 48.0 Å². The highest BCUT2D eigenvalue weighted by Gasteiger charge is 2.46. The summed E-state index contributed by atoms with van der Waals surface area (Å²) in [5.41, 5.74) is 6.18. The number of fused-ring (bicyclic) bond motifs is 1. The summed E-state index contributed by atoms with van der Waals surface area (Å²) < 4.78 is 29.6. The number of hydrogen-bond donors (Lipinski definition) is 1. The van der Waals surface area contributed by atoms with Gasteiger partial charge in [-0.25, -0.2) is 4.79 Å². The molecule has 15 nitrogen and oxygen atoms in total. The summed E-state index contributed by atoms with van der Waals surface area (Å²) in [6.45, 7) is 8.70. The number of ether oxygens (including phenoxy) is 5. The summed E-state index contributed by atoms with van der Waals surface area (Å²) in [5.74, 6) is -1.46. The van der Waals surface area contributed by atoms with E-state index in [0.717, 1.165) is 59.3 Å². The number of hydrogen-bond acceptors (Lipinski definition) is 12. The Morgan fingerprint density at radius 1 is 0.753 bits per heavy atom. The van der Waals surface area contributed by atoms with Crippen molar-refractivity contribution in [3.63, 3.8) is 0 Å². The van der Waals surface area contributed by atoms with Crippen LogP contribution in [0.1, 0.15) is 157 Å². The van der Waals surface area contributed by atoms with Gasteiger partial charge in [-0.05, 0) is 142 Å². The molecule has 15 heteroatoms. The average Bonchev–Trinajstić information content (AvgIpc) is 3.64. The number of aryl methyl sites for hydroxylation is 4. The first-order chi connectivity index (χ1) is 35.2.